The maximum atomic E-state index is 9.41. The van der Waals surface area contributed by atoms with Crippen molar-refractivity contribution in [2.75, 3.05) is 20.1 Å². The van der Waals surface area contributed by atoms with E-state index in [0.29, 0.717) is 6.04 Å². The molecule has 1 aromatic rings. The molecule has 1 N–H and O–H groups in total. The summed E-state index contributed by atoms with van der Waals surface area (Å²) in [6, 6.07) is 6.90. The van der Waals surface area contributed by atoms with E-state index in [0.717, 1.165) is 32.4 Å². The lowest BCUT2D eigenvalue weighted by molar-refractivity contribution is 0.215. The summed E-state index contributed by atoms with van der Waals surface area (Å²) in [5, 5.41) is 12.8. The number of hydrogen-bond acceptors (Lipinski definition) is 4. The second kappa shape index (κ2) is 8.76. The number of nitriles is 1. The zero-order valence-electron chi connectivity index (χ0n) is 13.8. The van der Waals surface area contributed by atoms with E-state index in [2.05, 4.69) is 54.3 Å². The van der Waals surface area contributed by atoms with Crippen molar-refractivity contribution in [3.63, 3.8) is 0 Å². The van der Waals surface area contributed by atoms with Crippen molar-refractivity contribution in [1.29, 1.82) is 5.26 Å². The van der Waals surface area contributed by atoms with Crippen LogP contribution in [0.25, 0.3) is 0 Å². The van der Waals surface area contributed by atoms with Crippen molar-refractivity contribution < 1.29 is 0 Å². The van der Waals surface area contributed by atoms with Gasteiger partial charge in [0.25, 0.3) is 0 Å². The van der Waals surface area contributed by atoms with Crippen LogP contribution in [0.15, 0.2) is 24.5 Å². The van der Waals surface area contributed by atoms with Crippen LogP contribution in [0.4, 0.5) is 0 Å². The molecular formula is C17H28N4. The van der Waals surface area contributed by atoms with E-state index >= 15 is 0 Å². The van der Waals surface area contributed by atoms with E-state index in [4.69, 9.17) is 0 Å². The van der Waals surface area contributed by atoms with Crippen molar-refractivity contribution in [2.45, 2.75) is 51.6 Å². The van der Waals surface area contributed by atoms with E-state index in [1.807, 2.05) is 19.3 Å². The summed E-state index contributed by atoms with van der Waals surface area (Å²) < 4.78 is 0. The fourth-order valence-corrected chi connectivity index (χ4v) is 2.38. The summed E-state index contributed by atoms with van der Waals surface area (Å²) in [5.41, 5.74) is 0.858. The monoisotopic (exact) mass is 288 g/mol. The maximum absolute atomic E-state index is 9.41. The number of nitrogens with one attached hydrogen (secondary N) is 1. The first-order valence-electron chi connectivity index (χ1n) is 7.76. The standard InChI is InChI=1S/C17H28N4/c1-5-9-20-17(3,14-18)13-15(2)21(4)12-8-16-6-10-19-11-7-16/h6-7,10-11,15,20H,5,8-9,12-13H2,1-4H3. The summed E-state index contributed by atoms with van der Waals surface area (Å²) in [6.45, 7) is 8.18. The number of pyridine rings is 1. The lowest BCUT2D eigenvalue weighted by Gasteiger charge is -2.32. The average Bonchev–Trinajstić information content (AvgIpc) is 2.51. The second-order valence-electron chi connectivity index (χ2n) is 6.01. The fourth-order valence-electron chi connectivity index (χ4n) is 2.38. The smallest absolute Gasteiger partial charge is 0.105 e. The van der Waals surface area contributed by atoms with Gasteiger partial charge < -0.3 is 4.90 Å². The summed E-state index contributed by atoms with van der Waals surface area (Å²) in [7, 11) is 2.13. The van der Waals surface area contributed by atoms with Crippen LogP contribution >= 0.6 is 0 Å². The van der Waals surface area contributed by atoms with Crippen molar-refractivity contribution in [1.82, 2.24) is 15.2 Å². The molecule has 1 aromatic heterocycles. The largest absolute Gasteiger partial charge is 0.303 e. The van der Waals surface area contributed by atoms with Gasteiger partial charge in [-0.2, -0.15) is 5.26 Å². The van der Waals surface area contributed by atoms with Crippen molar-refractivity contribution in [3.8, 4) is 6.07 Å². The predicted molar refractivity (Wildman–Crippen MR) is 87.0 cm³/mol. The topological polar surface area (TPSA) is 52.0 Å². The lowest BCUT2D eigenvalue weighted by Crippen LogP contribution is -2.47. The Morgan fingerprint density at radius 2 is 2.10 bits per heavy atom. The first-order chi connectivity index (χ1) is 10.0. The Labute approximate surface area is 129 Å². The zero-order valence-corrected chi connectivity index (χ0v) is 13.8. The Morgan fingerprint density at radius 3 is 2.67 bits per heavy atom. The third-order valence-electron chi connectivity index (χ3n) is 3.97. The highest BCUT2D eigenvalue weighted by Gasteiger charge is 2.26. The van der Waals surface area contributed by atoms with Crippen LogP contribution in [-0.2, 0) is 6.42 Å². The molecule has 0 aliphatic heterocycles. The quantitative estimate of drug-likeness (QED) is 0.759. The Bertz CT molecular complexity index is 440. The SMILES string of the molecule is CCCNC(C)(C#N)CC(C)N(C)CCc1ccncc1. The van der Waals surface area contributed by atoms with Crippen LogP contribution in [0.3, 0.4) is 0 Å². The van der Waals surface area contributed by atoms with Crippen LogP contribution in [0, 0.1) is 11.3 Å². The van der Waals surface area contributed by atoms with Gasteiger partial charge in [0.2, 0.25) is 0 Å². The van der Waals surface area contributed by atoms with Crippen LogP contribution in [0.2, 0.25) is 0 Å². The van der Waals surface area contributed by atoms with Crippen LogP contribution in [0.1, 0.15) is 39.2 Å². The van der Waals surface area contributed by atoms with Gasteiger partial charge >= 0.3 is 0 Å². The Hall–Kier alpha value is -1.44. The maximum Gasteiger partial charge on any atom is 0.105 e. The van der Waals surface area contributed by atoms with Crippen LogP contribution in [0.5, 0.6) is 0 Å². The van der Waals surface area contributed by atoms with Gasteiger partial charge in [-0.15, -0.1) is 0 Å². The molecule has 0 fully saturated rings. The molecule has 0 saturated heterocycles. The van der Waals surface area contributed by atoms with Gasteiger partial charge in [0.05, 0.1) is 6.07 Å². The highest BCUT2D eigenvalue weighted by atomic mass is 15.1. The molecule has 0 aromatic carbocycles. The third-order valence-corrected chi connectivity index (χ3v) is 3.97. The molecule has 4 nitrogen and oxygen atoms in total. The molecule has 0 aliphatic carbocycles. The minimum absolute atomic E-state index is 0.362. The molecular weight excluding hydrogens is 260 g/mol. The van der Waals surface area contributed by atoms with Crippen molar-refractivity contribution in [3.05, 3.63) is 30.1 Å². The molecule has 21 heavy (non-hydrogen) atoms. The summed E-state index contributed by atoms with van der Waals surface area (Å²) in [6.07, 6.45) is 6.55. The van der Waals surface area contributed by atoms with Crippen LogP contribution < -0.4 is 5.32 Å². The number of rotatable bonds is 9. The van der Waals surface area contributed by atoms with Crippen molar-refractivity contribution >= 4 is 0 Å². The number of aromatic nitrogens is 1. The molecule has 0 saturated carbocycles. The first-order valence-corrected chi connectivity index (χ1v) is 7.76. The molecule has 1 rings (SSSR count). The number of hydrogen-bond donors (Lipinski definition) is 1. The van der Waals surface area contributed by atoms with Gasteiger partial charge in [0, 0.05) is 25.0 Å². The Balaban J connectivity index is 2.46. The Morgan fingerprint density at radius 1 is 1.43 bits per heavy atom. The van der Waals surface area contributed by atoms with E-state index in [-0.39, 0.29) is 0 Å². The zero-order chi connectivity index (χ0) is 15.7. The molecule has 0 radical (unpaired) electrons. The normalized spacial score (nSPS) is 15.4. The highest BCUT2D eigenvalue weighted by Crippen LogP contribution is 2.15. The molecule has 1 heterocycles. The van der Waals surface area contributed by atoms with E-state index in [1.165, 1.54) is 5.56 Å². The first kappa shape index (κ1) is 17.6. The number of likely N-dealkylation sites (N-methyl/N-ethyl adjacent to an activating group) is 1. The highest BCUT2D eigenvalue weighted by molar-refractivity contribution is 5.10. The van der Waals surface area contributed by atoms with Gasteiger partial charge in [-0.3, -0.25) is 10.3 Å². The molecule has 2 unspecified atom stereocenters. The molecule has 0 aliphatic rings. The predicted octanol–water partition coefficient (Wildman–Crippen LogP) is 2.62. The van der Waals surface area contributed by atoms with E-state index in [1.54, 1.807) is 0 Å². The van der Waals surface area contributed by atoms with Gasteiger partial charge in [-0.1, -0.05) is 6.92 Å². The summed E-state index contributed by atoms with van der Waals surface area (Å²) in [4.78, 5) is 6.36. The van der Waals surface area contributed by atoms with Crippen LogP contribution in [-0.4, -0.2) is 41.6 Å². The average molecular weight is 288 g/mol. The minimum Gasteiger partial charge on any atom is -0.303 e. The second-order valence-corrected chi connectivity index (χ2v) is 6.01. The molecule has 0 amide bonds. The molecule has 2 atom stereocenters. The molecule has 0 spiro atoms. The van der Waals surface area contributed by atoms with Gasteiger partial charge in [-0.25, -0.2) is 0 Å². The van der Waals surface area contributed by atoms with E-state index in [9.17, 15) is 5.26 Å². The van der Waals surface area contributed by atoms with E-state index < -0.39 is 5.54 Å². The van der Waals surface area contributed by atoms with Gasteiger partial charge in [0.15, 0.2) is 0 Å². The van der Waals surface area contributed by atoms with Gasteiger partial charge in [-0.05, 0) is 64.4 Å². The summed E-state index contributed by atoms with van der Waals surface area (Å²) in [5.74, 6) is 0. The van der Waals surface area contributed by atoms with Crippen molar-refractivity contribution in [2.24, 2.45) is 0 Å². The molecule has 4 heteroatoms. The third kappa shape index (κ3) is 6.24. The molecule has 116 valence electrons. The lowest BCUT2D eigenvalue weighted by atomic mass is 9.94. The minimum atomic E-state index is -0.444. The summed E-state index contributed by atoms with van der Waals surface area (Å²) >= 11 is 0. The molecule has 0 bridgehead atoms. The fraction of sp³-hybridized carbons (Fsp3) is 0.647. The van der Waals surface area contributed by atoms with Gasteiger partial charge in [0.1, 0.15) is 5.54 Å². The Kier molecular flexibility index (Phi) is 7.35. The number of nitrogens with zero attached hydrogens (tertiary/aromatic N) is 3.